The van der Waals surface area contributed by atoms with Gasteiger partial charge in [0.2, 0.25) is 5.88 Å². The van der Waals surface area contributed by atoms with E-state index >= 15 is 0 Å². The molecule has 0 spiro atoms. The molecule has 1 aliphatic rings. The maximum absolute atomic E-state index is 12.8. The first-order valence-corrected chi connectivity index (χ1v) is 9.93. The molecule has 3 heterocycles. The number of rotatable bonds is 5. The Kier molecular flexibility index (Phi) is 5.48. The molecule has 0 aliphatic carbocycles. The zero-order valence-electron chi connectivity index (χ0n) is 15.6. The third-order valence-corrected chi connectivity index (χ3v) is 5.68. The highest BCUT2D eigenvalue weighted by atomic mass is 32.1. The van der Waals surface area contributed by atoms with Crippen LogP contribution in [0.1, 0.15) is 20.2 Å². The monoisotopic (exact) mass is 395 g/mol. The Morgan fingerprint density at radius 2 is 1.89 bits per heavy atom. The van der Waals surface area contributed by atoms with Crippen molar-refractivity contribution < 1.29 is 9.53 Å². The predicted molar refractivity (Wildman–Crippen MR) is 108 cm³/mol. The number of benzene rings is 1. The number of thiazole rings is 1. The maximum Gasteiger partial charge on any atom is 0.265 e. The highest BCUT2D eigenvalue weighted by Gasteiger charge is 2.24. The number of hydrogen-bond acceptors (Lipinski definition) is 7. The van der Waals surface area contributed by atoms with E-state index in [4.69, 9.17) is 4.74 Å². The first-order valence-electron chi connectivity index (χ1n) is 9.12. The number of anilines is 1. The Morgan fingerprint density at radius 1 is 1.11 bits per heavy atom. The maximum atomic E-state index is 12.8. The van der Waals surface area contributed by atoms with Crippen molar-refractivity contribution in [2.45, 2.75) is 6.42 Å². The lowest BCUT2D eigenvalue weighted by molar-refractivity contribution is 0.0751. The molecular weight excluding hydrogens is 374 g/mol. The minimum Gasteiger partial charge on any atom is -0.481 e. The summed E-state index contributed by atoms with van der Waals surface area (Å²) in [4.78, 5) is 30.3. The van der Waals surface area contributed by atoms with Gasteiger partial charge in [-0.15, -0.1) is 11.3 Å². The van der Waals surface area contributed by atoms with Gasteiger partial charge < -0.3 is 14.5 Å². The van der Waals surface area contributed by atoms with Gasteiger partial charge in [0.05, 0.1) is 18.3 Å². The lowest BCUT2D eigenvalue weighted by Gasteiger charge is -2.35. The molecule has 2 aromatic heterocycles. The summed E-state index contributed by atoms with van der Waals surface area (Å²) in [6.07, 6.45) is 3.95. The van der Waals surface area contributed by atoms with Crippen LogP contribution in [0.5, 0.6) is 5.88 Å². The minimum absolute atomic E-state index is 0.0525. The number of amides is 1. The largest absolute Gasteiger partial charge is 0.481 e. The average molecular weight is 395 g/mol. The van der Waals surface area contributed by atoms with Gasteiger partial charge in [0.25, 0.3) is 5.91 Å². The average Bonchev–Trinajstić information content (AvgIpc) is 3.22. The van der Waals surface area contributed by atoms with Crippen LogP contribution in [0.15, 0.2) is 48.9 Å². The van der Waals surface area contributed by atoms with E-state index < -0.39 is 0 Å². The number of carbonyl (C=O) groups excluding carboxylic acids is 1. The van der Waals surface area contributed by atoms with Gasteiger partial charge in [-0.05, 0) is 5.56 Å². The summed E-state index contributed by atoms with van der Waals surface area (Å²) < 4.78 is 5.16. The first-order chi connectivity index (χ1) is 13.7. The second-order valence-electron chi connectivity index (χ2n) is 6.48. The molecule has 0 saturated carbocycles. The first kappa shape index (κ1) is 18.4. The molecule has 28 heavy (non-hydrogen) atoms. The SMILES string of the molecule is COc1cc(N2CCN(C(=O)c3cnc(Cc4ccccc4)s3)CC2)ncn1. The summed E-state index contributed by atoms with van der Waals surface area (Å²) in [5.74, 6) is 1.41. The highest BCUT2D eigenvalue weighted by Crippen LogP contribution is 2.21. The van der Waals surface area contributed by atoms with E-state index in [1.165, 1.54) is 23.2 Å². The molecule has 4 rings (SSSR count). The predicted octanol–water partition coefficient (Wildman–Crippen LogP) is 2.49. The molecule has 1 saturated heterocycles. The number of piperazine rings is 1. The summed E-state index contributed by atoms with van der Waals surface area (Å²) in [6.45, 7) is 2.75. The van der Waals surface area contributed by atoms with Crippen molar-refractivity contribution in [1.82, 2.24) is 19.9 Å². The molecule has 8 heteroatoms. The summed E-state index contributed by atoms with van der Waals surface area (Å²) in [6, 6.07) is 12.0. The van der Waals surface area contributed by atoms with Crippen molar-refractivity contribution in [3.05, 3.63) is 64.4 Å². The van der Waals surface area contributed by atoms with Crippen molar-refractivity contribution in [3.8, 4) is 5.88 Å². The van der Waals surface area contributed by atoms with Gasteiger partial charge in [-0.2, -0.15) is 0 Å². The van der Waals surface area contributed by atoms with Crippen molar-refractivity contribution in [2.24, 2.45) is 0 Å². The second kappa shape index (κ2) is 8.35. The second-order valence-corrected chi connectivity index (χ2v) is 7.59. The Balaban J connectivity index is 1.36. The molecule has 3 aromatic rings. The van der Waals surface area contributed by atoms with Crippen molar-refractivity contribution in [3.63, 3.8) is 0 Å². The van der Waals surface area contributed by atoms with Gasteiger partial charge in [-0.25, -0.2) is 15.0 Å². The number of methoxy groups -OCH3 is 1. The van der Waals surface area contributed by atoms with E-state index in [0.717, 1.165) is 30.3 Å². The topological polar surface area (TPSA) is 71.5 Å². The van der Waals surface area contributed by atoms with E-state index in [0.29, 0.717) is 23.8 Å². The smallest absolute Gasteiger partial charge is 0.265 e. The van der Waals surface area contributed by atoms with Crippen LogP contribution in [0.4, 0.5) is 5.82 Å². The minimum atomic E-state index is 0.0525. The molecule has 0 unspecified atom stereocenters. The standard InChI is InChI=1S/C20H21N5O2S/c1-27-18-12-17(22-14-23-18)24-7-9-25(10-8-24)20(26)16-13-21-19(28-16)11-15-5-3-2-4-6-15/h2-6,12-14H,7-11H2,1H3. The van der Waals surface area contributed by atoms with Crippen molar-refractivity contribution in [2.75, 3.05) is 38.2 Å². The van der Waals surface area contributed by atoms with E-state index in [9.17, 15) is 4.79 Å². The van der Waals surface area contributed by atoms with Crippen LogP contribution in [0.3, 0.4) is 0 Å². The summed E-state index contributed by atoms with van der Waals surface area (Å²) in [5, 5.41) is 0.960. The summed E-state index contributed by atoms with van der Waals surface area (Å²) >= 11 is 1.48. The number of hydrogen-bond donors (Lipinski definition) is 0. The molecule has 0 atom stereocenters. The van der Waals surface area contributed by atoms with Crippen LogP contribution in [0.2, 0.25) is 0 Å². The van der Waals surface area contributed by atoms with Crippen molar-refractivity contribution >= 4 is 23.1 Å². The Hall–Kier alpha value is -3.00. The molecule has 144 valence electrons. The lowest BCUT2D eigenvalue weighted by atomic mass is 10.2. The van der Waals surface area contributed by atoms with E-state index in [-0.39, 0.29) is 5.91 Å². The van der Waals surface area contributed by atoms with Crippen LogP contribution >= 0.6 is 11.3 Å². The molecule has 1 aromatic carbocycles. The highest BCUT2D eigenvalue weighted by molar-refractivity contribution is 7.13. The molecule has 1 fully saturated rings. The van der Waals surface area contributed by atoms with E-state index in [1.807, 2.05) is 29.2 Å². The van der Waals surface area contributed by atoms with Crippen molar-refractivity contribution in [1.29, 1.82) is 0 Å². The van der Waals surface area contributed by atoms with Crippen LogP contribution in [-0.2, 0) is 6.42 Å². The summed E-state index contributed by atoms with van der Waals surface area (Å²) in [5.41, 5.74) is 1.20. The molecule has 1 amide bonds. The zero-order valence-corrected chi connectivity index (χ0v) is 16.4. The zero-order chi connectivity index (χ0) is 19.3. The lowest BCUT2D eigenvalue weighted by Crippen LogP contribution is -2.48. The molecule has 0 radical (unpaired) electrons. The van der Waals surface area contributed by atoms with Gasteiger partial charge in [-0.3, -0.25) is 4.79 Å². The molecule has 0 N–H and O–H groups in total. The van der Waals surface area contributed by atoms with Crippen LogP contribution in [-0.4, -0.2) is 59.0 Å². The number of nitrogens with zero attached hydrogens (tertiary/aromatic N) is 5. The fraction of sp³-hybridized carbons (Fsp3) is 0.300. The quantitative estimate of drug-likeness (QED) is 0.661. The number of carbonyl (C=O) groups is 1. The van der Waals surface area contributed by atoms with Crippen LogP contribution in [0.25, 0.3) is 0 Å². The molecule has 0 bridgehead atoms. The van der Waals surface area contributed by atoms with Crippen LogP contribution in [0, 0.1) is 0 Å². The normalized spacial score (nSPS) is 14.2. The summed E-state index contributed by atoms with van der Waals surface area (Å²) in [7, 11) is 1.59. The van der Waals surface area contributed by atoms with Gasteiger partial charge in [-0.1, -0.05) is 30.3 Å². The van der Waals surface area contributed by atoms with Gasteiger partial charge >= 0.3 is 0 Å². The van der Waals surface area contributed by atoms with E-state index in [1.54, 1.807) is 13.3 Å². The molecular formula is C20H21N5O2S. The third kappa shape index (κ3) is 4.12. The molecule has 1 aliphatic heterocycles. The van der Waals surface area contributed by atoms with Crippen LogP contribution < -0.4 is 9.64 Å². The fourth-order valence-corrected chi connectivity index (χ4v) is 4.09. The van der Waals surface area contributed by atoms with Gasteiger partial charge in [0.1, 0.15) is 17.0 Å². The number of ether oxygens (including phenoxy) is 1. The van der Waals surface area contributed by atoms with Gasteiger partial charge in [0, 0.05) is 38.7 Å². The Bertz CT molecular complexity index is 939. The van der Waals surface area contributed by atoms with E-state index in [2.05, 4.69) is 32.0 Å². The fourth-order valence-electron chi connectivity index (χ4n) is 3.17. The van der Waals surface area contributed by atoms with Gasteiger partial charge in [0.15, 0.2) is 0 Å². The number of aromatic nitrogens is 3. The Labute approximate surface area is 167 Å². The molecule has 7 nitrogen and oxygen atoms in total. The third-order valence-electron chi connectivity index (χ3n) is 4.69. The Morgan fingerprint density at radius 3 is 2.64 bits per heavy atom.